The number of aliphatic imine (C=N–C) groups is 1. The highest BCUT2D eigenvalue weighted by Crippen LogP contribution is 2.10. The van der Waals surface area contributed by atoms with Gasteiger partial charge in [0.1, 0.15) is 5.60 Å². The zero-order valence-corrected chi connectivity index (χ0v) is 17.7. The molecule has 7 heteroatoms. The molecule has 1 rings (SSSR count). The maximum Gasteiger partial charge on any atom is 0.407 e. The molecule has 0 aromatic heterocycles. The predicted molar refractivity (Wildman–Crippen MR) is 110 cm³/mol. The summed E-state index contributed by atoms with van der Waals surface area (Å²) in [5, 5.41) is 9.64. The third kappa shape index (κ3) is 11.5. The van der Waals surface area contributed by atoms with Crippen LogP contribution in [0, 0.1) is 0 Å². The average molecular weight is 383 g/mol. The molecule has 0 aromatic rings. The number of hydrogen-bond acceptors (Lipinski definition) is 4. The van der Waals surface area contributed by atoms with Gasteiger partial charge in [0.2, 0.25) is 0 Å². The summed E-state index contributed by atoms with van der Waals surface area (Å²) >= 11 is 0. The Bertz CT molecular complexity index is 498. The molecular formula is C20H38N4O3. The van der Waals surface area contributed by atoms with Crippen LogP contribution in [0.3, 0.4) is 0 Å². The van der Waals surface area contributed by atoms with Crippen LogP contribution in [-0.4, -0.2) is 57.0 Å². The molecule has 3 N–H and O–H groups in total. The van der Waals surface area contributed by atoms with Crippen molar-refractivity contribution in [3.63, 3.8) is 0 Å². The Labute approximate surface area is 164 Å². The van der Waals surface area contributed by atoms with Crippen molar-refractivity contribution in [2.24, 2.45) is 4.99 Å². The largest absolute Gasteiger partial charge is 0.444 e. The highest BCUT2D eigenvalue weighted by Gasteiger charge is 2.18. The van der Waals surface area contributed by atoms with Gasteiger partial charge in [-0.25, -0.2) is 4.79 Å². The van der Waals surface area contributed by atoms with Crippen molar-refractivity contribution in [1.82, 2.24) is 16.0 Å². The molecule has 7 nitrogen and oxygen atoms in total. The van der Waals surface area contributed by atoms with E-state index < -0.39 is 5.60 Å². The van der Waals surface area contributed by atoms with Gasteiger partial charge in [0.15, 0.2) is 5.96 Å². The second-order valence-electron chi connectivity index (χ2n) is 7.80. The molecule has 1 amide bonds. The number of nitrogens with zero attached hydrogens (tertiary/aromatic N) is 1. The summed E-state index contributed by atoms with van der Waals surface area (Å²) in [7, 11) is 1.77. The molecule has 27 heavy (non-hydrogen) atoms. The number of hydrogen-bond donors (Lipinski definition) is 3. The van der Waals surface area contributed by atoms with Gasteiger partial charge >= 0.3 is 6.09 Å². The Morgan fingerprint density at radius 1 is 1.37 bits per heavy atom. The van der Waals surface area contributed by atoms with Crippen LogP contribution in [-0.2, 0) is 9.47 Å². The summed E-state index contributed by atoms with van der Waals surface area (Å²) in [6.45, 7) is 10.6. The molecule has 0 spiro atoms. The first-order valence-corrected chi connectivity index (χ1v) is 10.0. The van der Waals surface area contributed by atoms with Gasteiger partial charge < -0.3 is 25.4 Å². The molecule has 156 valence electrons. The van der Waals surface area contributed by atoms with Gasteiger partial charge in [-0.2, -0.15) is 0 Å². The van der Waals surface area contributed by atoms with E-state index in [1.54, 1.807) is 7.05 Å². The molecule has 1 heterocycles. The fraction of sp³-hybridized carbons (Fsp3) is 0.800. The van der Waals surface area contributed by atoms with Gasteiger partial charge in [0.05, 0.1) is 13.2 Å². The van der Waals surface area contributed by atoms with Gasteiger partial charge in [0.25, 0.3) is 0 Å². The van der Waals surface area contributed by atoms with Crippen LogP contribution in [0.4, 0.5) is 4.79 Å². The predicted octanol–water partition coefficient (Wildman–Crippen LogP) is 2.97. The Balaban J connectivity index is 2.44. The van der Waals surface area contributed by atoms with Crippen molar-refractivity contribution in [1.29, 1.82) is 0 Å². The molecule has 0 fully saturated rings. The van der Waals surface area contributed by atoms with Gasteiger partial charge in [-0.1, -0.05) is 31.4 Å². The fourth-order valence-corrected chi connectivity index (χ4v) is 2.72. The third-order valence-electron chi connectivity index (χ3n) is 4.16. The molecule has 1 aliphatic rings. The summed E-state index contributed by atoms with van der Waals surface area (Å²) < 4.78 is 10.7. The van der Waals surface area contributed by atoms with E-state index in [2.05, 4.69) is 33.9 Å². The lowest BCUT2D eigenvalue weighted by Crippen LogP contribution is -2.49. The SMILES string of the molecule is CCCCC(CNC(=O)OC(C)(C)C)NC(=NC)NCCC1=CCOCC1. The van der Waals surface area contributed by atoms with Crippen LogP contribution < -0.4 is 16.0 Å². The lowest BCUT2D eigenvalue weighted by Gasteiger charge is -2.24. The van der Waals surface area contributed by atoms with Crippen LogP contribution in [0.1, 0.15) is 59.8 Å². The van der Waals surface area contributed by atoms with Gasteiger partial charge in [-0.3, -0.25) is 4.99 Å². The number of ether oxygens (including phenoxy) is 2. The lowest BCUT2D eigenvalue weighted by molar-refractivity contribution is 0.0522. The van der Waals surface area contributed by atoms with E-state index in [4.69, 9.17) is 9.47 Å². The molecule has 0 bridgehead atoms. The Kier molecular flexibility index (Phi) is 10.9. The summed E-state index contributed by atoms with van der Waals surface area (Å²) in [4.78, 5) is 16.2. The molecule has 1 atom stereocenters. The number of nitrogens with one attached hydrogen (secondary N) is 3. The highest BCUT2D eigenvalue weighted by molar-refractivity contribution is 5.80. The zero-order valence-electron chi connectivity index (χ0n) is 17.7. The standard InChI is InChI=1S/C20H38N4O3/c1-6-7-8-17(15-23-19(25)27-20(2,3)4)24-18(21-5)22-12-9-16-10-13-26-14-11-16/h10,17H,6-9,11-15H2,1-5H3,(H,23,25)(H2,21,22,24). The third-order valence-corrected chi connectivity index (χ3v) is 4.16. The number of amides is 1. The Morgan fingerprint density at radius 3 is 2.74 bits per heavy atom. The lowest BCUT2D eigenvalue weighted by atomic mass is 10.1. The fourth-order valence-electron chi connectivity index (χ4n) is 2.72. The number of carbonyl (C=O) groups is 1. The van der Waals surface area contributed by atoms with Crippen molar-refractivity contribution >= 4 is 12.1 Å². The summed E-state index contributed by atoms with van der Waals surface area (Å²) in [5.74, 6) is 0.759. The second-order valence-corrected chi connectivity index (χ2v) is 7.80. The van der Waals surface area contributed by atoms with Crippen molar-refractivity contribution in [2.45, 2.75) is 71.4 Å². The van der Waals surface area contributed by atoms with Crippen molar-refractivity contribution in [3.05, 3.63) is 11.6 Å². The van der Waals surface area contributed by atoms with E-state index >= 15 is 0 Å². The van der Waals surface area contributed by atoms with Crippen molar-refractivity contribution < 1.29 is 14.3 Å². The summed E-state index contributed by atoms with van der Waals surface area (Å²) in [5.41, 5.74) is 0.936. The van der Waals surface area contributed by atoms with Crippen LogP contribution >= 0.6 is 0 Å². The molecule has 0 saturated heterocycles. The van der Waals surface area contributed by atoms with E-state index in [0.717, 1.165) is 57.8 Å². The topological polar surface area (TPSA) is 84.0 Å². The minimum Gasteiger partial charge on any atom is -0.444 e. The van der Waals surface area contributed by atoms with E-state index in [-0.39, 0.29) is 12.1 Å². The van der Waals surface area contributed by atoms with E-state index in [0.29, 0.717) is 6.54 Å². The van der Waals surface area contributed by atoms with Gasteiger partial charge in [0, 0.05) is 26.2 Å². The van der Waals surface area contributed by atoms with Crippen molar-refractivity contribution in [2.75, 3.05) is 33.4 Å². The average Bonchev–Trinajstić information content (AvgIpc) is 2.62. The molecule has 1 aliphatic heterocycles. The minimum atomic E-state index is -0.493. The van der Waals surface area contributed by atoms with Gasteiger partial charge in [-0.05, 0) is 40.0 Å². The van der Waals surface area contributed by atoms with Crippen LogP contribution in [0.2, 0.25) is 0 Å². The zero-order chi connectivity index (χ0) is 20.1. The molecular weight excluding hydrogens is 344 g/mol. The van der Waals surface area contributed by atoms with Crippen LogP contribution in [0.25, 0.3) is 0 Å². The summed E-state index contributed by atoms with van der Waals surface area (Å²) in [6.07, 6.45) is 6.91. The second kappa shape index (κ2) is 12.6. The minimum absolute atomic E-state index is 0.103. The smallest absolute Gasteiger partial charge is 0.407 e. The summed E-state index contributed by atoms with van der Waals surface area (Å²) in [6, 6.07) is 0.103. The first-order chi connectivity index (χ1) is 12.8. The van der Waals surface area contributed by atoms with E-state index in [1.807, 2.05) is 20.8 Å². The van der Waals surface area contributed by atoms with Gasteiger partial charge in [-0.15, -0.1) is 0 Å². The molecule has 1 unspecified atom stereocenters. The van der Waals surface area contributed by atoms with E-state index in [9.17, 15) is 4.79 Å². The Hall–Kier alpha value is -1.76. The monoisotopic (exact) mass is 382 g/mol. The maximum atomic E-state index is 11.9. The number of unbranched alkanes of at least 4 members (excludes halogenated alkanes) is 1. The maximum absolute atomic E-state index is 11.9. The number of carbonyl (C=O) groups excluding carboxylic acids is 1. The van der Waals surface area contributed by atoms with Crippen molar-refractivity contribution in [3.8, 4) is 0 Å². The quantitative estimate of drug-likeness (QED) is 0.324. The molecule has 0 saturated carbocycles. The number of alkyl carbamates (subject to hydrolysis) is 1. The number of rotatable bonds is 9. The first kappa shape index (κ1) is 23.3. The van der Waals surface area contributed by atoms with Crippen LogP contribution in [0.5, 0.6) is 0 Å². The number of guanidine groups is 1. The first-order valence-electron chi connectivity index (χ1n) is 10.0. The molecule has 0 aliphatic carbocycles. The normalized spacial score (nSPS) is 16.3. The van der Waals surface area contributed by atoms with Crippen LogP contribution in [0.15, 0.2) is 16.6 Å². The van der Waals surface area contributed by atoms with E-state index in [1.165, 1.54) is 5.57 Å². The highest BCUT2D eigenvalue weighted by atomic mass is 16.6. The molecule has 0 radical (unpaired) electrons. The Morgan fingerprint density at radius 2 is 2.15 bits per heavy atom. The molecule has 0 aromatic carbocycles.